The number of benzene rings is 1. The Morgan fingerprint density at radius 2 is 2.15 bits per heavy atom. The van der Waals surface area contributed by atoms with E-state index in [0.29, 0.717) is 19.8 Å². The fourth-order valence-electron chi connectivity index (χ4n) is 1.76. The highest BCUT2D eigenvalue weighted by molar-refractivity contribution is 5.35. The first kappa shape index (κ1) is 16.6. The summed E-state index contributed by atoms with van der Waals surface area (Å²) in [6, 6.07) is 6.78. The number of non-ortho nitro benzene ring substituents is 1. The highest BCUT2D eigenvalue weighted by Gasteiger charge is 2.10. The summed E-state index contributed by atoms with van der Waals surface area (Å²) in [4.78, 5) is 10.3. The van der Waals surface area contributed by atoms with Crippen LogP contribution >= 0.6 is 0 Å². The summed E-state index contributed by atoms with van der Waals surface area (Å²) < 4.78 is 10.2. The molecule has 1 aromatic rings. The van der Waals surface area contributed by atoms with Crippen LogP contribution in [0.15, 0.2) is 24.3 Å². The molecule has 6 heteroatoms. The molecule has 0 heterocycles. The number of nitrogens with one attached hydrogen (secondary N) is 1. The lowest BCUT2D eigenvalue weighted by atomic mass is 10.1. The lowest BCUT2D eigenvalue weighted by molar-refractivity contribution is -0.384. The molecule has 0 aliphatic carbocycles. The number of methoxy groups -OCH3 is 1. The minimum absolute atomic E-state index is 0.0777. The molecule has 0 amide bonds. The molecule has 112 valence electrons. The predicted molar refractivity (Wildman–Crippen MR) is 76.8 cm³/mol. The molecule has 0 spiro atoms. The van der Waals surface area contributed by atoms with Gasteiger partial charge in [-0.05, 0) is 25.5 Å². The number of nitrogens with zero attached hydrogens (tertiary/aromatic N) is 1. The number of nitro benzene ring substituents is 1. The van der Waals surface area contributed by atoms with Crippen molar-refractivity contribution in [3.05, 3.63) is 39.9 Å². The van der Waals surface area contributed by atoms with E-state index in [4.69, 9.17) is 9.47 Å². The molecule has 20 heavy (non-hydrogen) atoms. The largest absolute Gasteiger partial charge is 0.382 e. The summed E-state index contributed by atoms with van der Waals surface area (Å²) in [5.41, 5.74) is 1.04. The predicted octanol–water partition coefficient (Wildman–Crippen LogP) is 2.30. The monoisotopic (exact) mass is 282 g/mol. The number of rotatable bonds is 10. The van der Waals surface area contributed by atoms with Crippen LogP contribution in [0.4, 0.5) is 5.69 Å². The Hall–Kier alpha value is -1.50. The van der Waals surface area contributed by atoms with Crippen LogP contribution in [0.5, 0.6) is 0 Å². The molecular weight excluding hydrogens is 260 g/mol. The minimum atomic E-state index is -0.375. The molecule has 0 saturated carbocycles. The van der Waals surface area contributed by atoms with Gasteiger partial charge in [-0.3, -0.25) is 10.1 Å². The van der Waals surface area contributed by atoms with E-state index in [0.717, 1.165) is 18.5 Å². The molecule has 1 aromatic carbocycles. The summed E-state index contributed by atoms with van der Waals surface area (Å²) in [5, 5.41) is 14.0. The molecule has 1 N–H and O–H groups in total. The maximum Gasteiger partial charge on any atom is 0.269 e. The van der Waals surface area contributed by atoms with Crippen LogP contribution in [0.2, 0.25) is 0 Å². The third kappa shape index (κ3) is 6.10. The zero-order valence-electron chi connectivity index (χ0n) is 12.0. The lowest BCUT2D eigenvalue weighted by Crippen LogP contribution is -2.21. The van der Waals surface area contributed by atoms with Gasteiger partial charge < -0.3 is 14.8 Å². The highest BCUT2D eigenvalue weighted by Crippen LogP contribution is 2.18. The van der Waals surface area contributed by atoms with Crippen LogP contribution < -0.4 is 5.32 Å². The van der Waals surface area contributed by atoms with E-state index in [1.54, 1.807) is 19.2 Å². The van der Waals surface area contributed by atoms with E-state index in [9.17, 15) is 10.1 Å². The van der Waals surface area contributed by atoms with Crippen molar-refractivity contribution in [2.45, 2.75) is 19.4 Å². The zero-order chi connectivity index (χ0) is 14.8. The molecule has 0 saturated heterocycles. The molecule has 0 aliphatic rings. The van der Waals surface area contributed by atoms with Crippen molar-refractivity contribution in [1.82, 2.24) is 5.32 Å². The standard InChI is InChI=1S/C14H22N2O4/c1-12(15-7-4-8-20-10-9-19-2)13-5-3-6-14(11-13)16(17)18/h3,5-6,11-12,15H,4,7-10H2,1-2H3. The smallest absolute Gasteiger partial charge is 0.269 e. The average molecular weight is 282 g/mol. The van der Waals surface area contributed by atoms with Gasteiger partial charge in [0.15, 0.2) is 0 Å². The second kappa shape index (κ2) is 9.41. The normalized spacial score (nSPS) is 12.3. The van der Waals surface area contributed by atoms with Gasteiger partial charge in [-0.1, -0.05) is 12.1 Å². The van der Waals surface area contributed by atoms with Crippen molar-refractivity contribution >= 4 is 5.69 Å². The third-order valence-electron chi connectivity index (χ3n) is 2.93. The lowest BCUT2D eigenvalue weighted by Gasteiger charge is -2.14. The number of ether oxygens (including phenoxy) is 2. The van der Waals surface area contributed by atoms with E-state index >= 15 is 0 Å². The van der Waals surface area contributed by atoms with E-state index in [2.05, 4.69) is 5.32 Å². The molecule has 6 nitrogen and oxygen atoms in total. The van der Waals surface area contributed by atoms with E-state index < -0.39 is 0 Å². The van der Waals surface area contributed by atoms with E-state index in [1.807, 2.05) is 13.0 Å². The van der Waals surface area contributed by atoms with Crippen molar-refractivity contribution in [2.24, 2.45) is 0 Å². The summed E-state index contributed by atoms with van der Waals surface area (Å²) in [6.07, 6.45) is 0.892. The van der Waals surface area contributed by atoms with Gasteiger partial charge in [-0.2, -0.15) is 0 Å². The third-order valence-corrected chi connectivity index (χ3v) is 2.93. The van der Waals surface area contributed by atoms with Crippen LogP contribution in [-0.2, 0) is 9.47 Å². The Balaban J connectivity index is 2.27. The van der Waals surface area contributed by atoms with E-state index in [-0.39, 0.29) is 16.7 Å². The first-order valence-electron chi connectivity index (χ1n) is 6.69. The zero-order valence-corrected chi connectivity index (χ0v) is 12.0. The summed E-state index contributed by atoms with van der Waals surface area (Å²) in [7, 11) is 1.64. The van der Waals surface area contributed by atoms with Crippen LogP contribution in [0.1, 0.15) is 24.9 Å². The van der Waals surface area contributed by atoms with Crippen molar-refractivity contribution in [3.8, 4) is 0 Å². The summed E-state index contributed by atoms with van der Waals surface area (Å²) in [6.45, 7) is 4.69. The van der Waals surface area contributed by atoms with Gasteiger partial charge in [-0.15, -0.1) is 0 Å². The Morgan fingerprint density at radius 3 is 2.85 bits per heavy atom. The van der Waals surface area contributed by atoms with Gasteiger partial charge in [0.25, 0.3) is 5.69 Å². The fourth-order valence-corrected chi connectivity index (χ4v) is 1.76. The van der Waals surface area contributed by atoms with Crippen LogP contribution in [0.3, 0.4) is 0 Å². The molecular formula is C14H22N2O4. The Bertz CT molecular complexity index is 412. The van der Waals surface area contributed by atoms with Crippen LogP contribution in [-0.4, -0.2) is 38.4 Å². The second-order valence-corrected chi connectivity index (χ2v) is 4.49. The number of hydrogen-bond acceptors (Lipinski definition) is 5. The van der Waals surface area contributed by atoms with Gasteiger partial charge in [0.05, 0.1) is 18.1 Å². The molecule has 0 aliphatic heterocycles. The number of nitro groups is 1. The molecule has 0 radical (unpaired) electrons. The Kier molecular flexibility index (Phi) is 7.79. The maximum absolute atomic E-state index is 10.7. The van der Waals surface area contributed by atoms with Crippen molar-refractivity contribution in [1.29, 1.82) is 0 Å². The first-order valence-corrected chi connectivity index (χ1v) is 6.69. The summed E-state index contributed by atoms with van der Waals surface area (Å²) in [5.74, 6) is 0. The van der Waals surface area contributed by atoms with Gasteiger partial charge in [0.2, 0.25) is 0 Å². The van der Waals surface area contributed by atoms with Gasteiger partial charge in [0.1, 0.15) is 0 Å². The average Bonchev–Trinajstić information content (AvgIpc) is 2.46. The van der Waals surface area contributed by atoms with Crippen LogP contribution in [0.25, 0.3) is 0 Å². The minimum Gasteiger partial charge on any atom is -0.382 e. The van der Waals surface area contributed by atoms with Crippen molar-refractivity contribution in [3.63, 3.8) is 0 Å². The quantitative estimate of drug-likeness (QED) is 0.405. The van der Waals surface area contributed by atoms with Gasteiger partial charge in [0, 0.05) is 31.9 Å². The molecule has 1 unspecified atom stereocenters. The molecule has 1 atom stereocenters. The van der Waals surface area contributed by atoms with Gasteiger partial charge in [-0.25, -0.2) is 0 Å². The van der Waals surface area contributed by atoms with Gasteiger partial charge >= 0.3 is 0 Å². The molecule has 0 fully saturated rings. The topological polar surface area (TPSA) is 73.6 Å². The highest BCUT2D eigenvalue weighted by atomic mass is 16.6. The molecule has 0 bridgehead atoms. The van der Waals surface area contributed by atoms with Crippen molar-refractivity contribution in [2.75, 3.05) is 33.5 Å². The Labute approximate surface area is 119 Å². The Morgan fingerprint density at radius 1 is 1.35 bits per heavy atom. The number of hydrogen-bond donors (Lipinski definition) is 1. The van der Waals surface area contributed by atoms with Crippen molar-refractivity contribution < 1.29 is 14.4 Å². The molecule has 0 aromatic heterocycles. The maximum atomic E-state index is 10.7. The van der Waals surface area contributed by atoms with E-state index in [1.165, 1.54) is 6.07 Å². The fraction of sp³-hybridized carbons (Fsp3) is 0.571. The molecule has 1 rings (SSSR count). The first-order chi connectivity index (χ1) is 9.65. The van der Waals surface area contributed by atoms with Crippen LogP contribution in [0, 0.1) is 10.1 Å². The second-order valence-electron chi connectivity index (χ2n) is 4.49. The summed E-state index contributed by atoms with van der Waals surface area (Å²) >= 11 is 0. The SMILES string of the molecule is COCCOCCCNC(C)c1cccc([N+](=O)[O-])c1.